The zero-order valence-electron chi connectivity index (χ0n) is 17.9. The fourth-order valence-corrected chi connectivity index (χ4v) is 4.67. The molecule has 1 fully saturated rings. The Bertz CT molecular complexity index is 810. The topological polar surface area (TPSA) is 59.0 Å². The zero-order chi connectivity index (χ0) is 20.7. The molecule has 2 aliphatic rings. The Kier molecular flexibility index (Phi) is 5.47. The van der Waals surface area contributed by atoms with E-state index in [1.165, 1.54) is 11.1 Å². The van der Waals surface area contributed by atoms with E-state index in [4.69, 9.17) is 9.13 Å². The maximum atomic E-state index is 12.8. The minimum absolute atomic E-state index is 0.226. The van der Waals surface area contributed by atoms with Gasteiger partial charge >= 0.3 is 6.09 Å². The molecule has 1 spiro atoms. The molecule has 0 aromatic heterocycles. The Morgan fingerprint density at radius 1 is 1.11 bits per heavy atom. The number of piperidine rings is 1. The van der Waals surface area contributed by atoms with Crippen molar-refractivity contribution in [2.24, 2.45) is 4.40 Å². The molecule has 1 aliphatic heterocycles. The normalized spacial score (nSPS) is 21.6. The third-order valence-corrected chi connectivity index (χ3v) is 6.86. The van der Waals surface area contributed by atoms with E-state index in [2.05, 4.69) is 18.2 Å². The van der Waals surface area contributed by atoms with Crippen LogP contribution >= 0.6 is 0 Å². The second-order valence-electron chi connectivity index (χ2n) is 9.78. The lowest BCUT2D eigenvalue weighted by Gasteiger charge is -2.40. The molecule has 0 saturated carbocycles. The zero-order valence-corrected chi connectivity index (χ0v) is 18.7. The molecule has 1 atom stereocenters. The van der Waals surface area contributed by atoms with E-state index in [9.17, 15) is 9.00 Å². The summed E-state index contributed by atoms with van der Waals surface area (Å²) < 4.78 is 22.6. The van der Waals surface area contributed by atoms with Gasteiger partial charge < -0.3 is 9.64 Å². The Labute approximate surface area is 171 Å². The second kappa shape index (κ2) is 7.29. The summed E-state index contributed by atoms with van der Waals surface area (Å²) in [6.07, 6.45) is 2.04. The number of rotatable bonds is 1. The summed E-state index contributed by atoms with van der Waals surface area (Å²) in [4.78, 5) is 14.3. The van der Waals surface area contributed by atoms with E-state index in [0.29, 0.717) is 13.1 Å². The van der Waals surface area contributed by atoms with Gasteiger partial charge in [0.05, 0.1) is 4.75 Å². The van der Waals surface area contributed by atoms with E-state index in [1.807, 2.05) is 47.6 Å². The number of ether oxygens (including phenoxy) is 1. The van der Waals surface area contributed by atoms with Crippen molar-refractivity contribution in [3.8, 4) is 0 Å². The van der Waals surface area contributed by atoms with Crippen LogP contribution in [0.15, 0.2) is 28.7 Å². The van der Waals surface area contributed by atoms with Gasteiger partial charge in [0.15, 0.2) is 0 Å². The van der Waals surface area contributed by atoms with Crippen LogP contribution in [0.5, 0.6) is 0 Å². The molecule has 0 N–H and O–H groups in total. The van der Waals surface area contributed by atoms with Crippen molar-refractivity contribution in [1.29, 1.82) is 0 Å². The predicted octanol–water partition coefficient (Wildman–Crippen LogP) is 4.41. The maximum Gasteiger partial charge on any atom is 0.410 e. The van der Waals surface area contributed by atoms with Crippen LogP contribution in [0.2, 0.25) is 0 Å². The molecule has 28 heavy (non-hydrogen) atoms. The van der Waals surface area contributed by atoms with Crippen LogP contribution in [0, 0.1) is 0 Å². The predicted molar refractivity (Wildman–Crippen MR) is 114 cm³/mol. The molecule has 154 valence electrons. The third kappa shape index (κ3) is 4.17. The molecule has 1 heterocycles. The first-order chi connectivity index (χ1) is 12.9. The maximum absolute atomic E-state index is 12.8. The van der Waals surface area contributed by atoms with Gasteiger partial charge in [-0.15, -0.1) is 0 Å². The molecular weight excluding hydrogens is 372 g/mol. The molecule has 1 aromatic rings. The fourth-order valence-electron chi connectivity index (χ4n) is 3.96. The summed E-state index contributed by atoms with van der Waals surface area (Å²) >= 11 is 0. The van der Waals surface area contributed by atoms with Crippen molar-refractivity contribution in [3.63, 3.8) is 0 Å². The van der Waals surface area contributed by atoms with E-state index in [-0.39, 0.29) is 16.3 Å². The van der Waals surface area contributed by atoms with Gasteiger partial charge in [-0.05, 0) is 65.5 Å². The first-order valence-electron chi connectivity index (χ1n) is 9.99. The highest BCUT2D eigenvalue weighted by Crippen LogP contribution is 2.45. The summed E-state index contributed by atoms with van der Waals surface area (Å²) in [5, 5.41) is 0. The van der Waals surface area contributed by atoms with Gasteiger partial charge in [0.2, 0.25) is 0 Å². The van der Waals surface area contributed by atoms with Gasteiger partial charge in [-0.2, -0.15) is 4.40 Å². The van der Waals surface area contributed by atoms with E-state index < -0.39 is 16.6 Å². The molecular formula is C22H32N2O3S. The van der Waals surface area contributed by atoms with Crippen LogP contribution in [-0.2, 0) is 27.6 Å². The smallest absolute Gasteiger partial charge is 0.410 e. The molecule has 0 radical (unpaired) electrons. The number of benzene rings is 1. The van der Waals surface area contributed by atoms with Crippen LogP contribution in [-0.4, -0.2) is 44.4 Å². The number of hydrogen-bond acceptors (Lipinski definition) is 3. The van der Waals surface area contributed by atoms with Crippen molar-refractivity contribution in [3.05, 3.63) is 35.4 Å². The molecule has 1 amide bonds. The molecule has 6 heteroatoms. The highest BCUT2D eigenvalue weighted by Gasteiger charge is 2.47. The van der Waals surface area contributed by atoms with Crippen LogP contribution < -0.4 is 0 Å². The molecule has 1 aromatic carbocycles. The van der Waals surface area contributed by atoms with E-state index in [1.54, 1.807) is 4.90 Å². The fraction of sp³-hybridized carbons (Fsp3) is 0.636. The second-order valence-corrected chi connectivity index (χ2v) is 11.7. The van der Waals surface area contributed by atoms with Crippen LogP contribution in [0.4, 0.5) is 4.79 Å². The molecule has 0 bridgehead atoms. The van der Waals surface area contributed by atoms with Crippen molar-refractivity contribution < 1.29 is 13.7 Å². The third-order valence-electron chi connectivity index (χ3n) is 5.43. The number of likely N-dealkylation sites (tertiary alicyclic amines) is 1. The van der Waals surface area contributed by atoms with Gasteiger partial charge in [0.1, 0.15) is 16.6 Å². The monoisotopic (exact) mass is 404 g/mol. The summed E-state index contributed by atoms with van der Waals surface area (Å²) in [5.41, 5.74) is 2.82. The van der Waals surface area contributed by atoms with Crippen LogP contribution in [0.3, 0.4) is 0 Å². The minimum Gasteiger partial charge on any atom is -0.444 e. The van der Waals surface area contributed by atoms with E-state index in [0.717, 1.165) is 25.0 Å². The molecule has 1 aliphatic carbocycles. The van der Waals surface area contributed by atoms with Crippen molar-refractivity contribution in [1.82, 2.24) is 4.90 Å². The number of hydrogen-bond donors (Lipinski definition) is 0. The summed E-state index contributed by atoms with van der Waals surface area (Å²) in [7, 11) is -1.29. The average molecular weight is 405 g/mol. The number of amides is 1. The summed E-state index contributed by atoms with van der Waals surface area (Å²) in [6, 6.07) is 8.41. The largest absolute Gasteiger partial charge is 0.444 e. The minimum atomic E-state index is -1.29. The highest BCUT2D eigenvalue weighted by molar-refractivity contribution is 7.85. The molecule has 3 rings (SSSR count). The van der Waals surface area contributed by atoms with Gasteiger partial charge in [0.25, 0.3) is 0 Å². The lowest BCUT2D eigenvalue weighted by atomic mass is 9.73. The van der Waals surface area contributed by atoms with Crippen molar-refractivity contribution >= 4 is 22.8 Å². The lowest BCUT2D eigenvalue weighted by Crippen LogP contribution is -2.49. The Morgan fingerprint density at radius 2 is 1.71 bits per heavy atom. The lowest BCUT2D eigenvalue weighted by molar-refractivity contribution is 0.0190. The number of carbonyl (C=O) groups is 1. The Hall–Kier alpha value is -1.69. The van der Waals surface area contributed by atoms with Crippen molar-refractivity contribution in [2.45, 2.75) is 76.6 Å². The molecule has 1 unspecified atom stereocenters. The average Bonchev–Trinajstić information content (AvgIpc) is 2.87. The van der Waals surface area contributed by atoms with Gasteiger partial charge in [-0.25, -0.2) is 9.00 Å². The first kappa shape index (κ1) is 21.0. The van der Waals surface area contributed by atoms with Gasteiger partial charge in [-0.3, -0.25) is 0 Å². The van der Waals surface area contributed by atoms with E-state index >= 15 is 0 Å². The summed E-state index contributed by atoms with van der Waals surface area (Å²) in [6.45, 7) is 12.7. The van der Waals surface area contributed by atoms with Crippen molar-refractivity contribution in [2.75, 3.05) is 13.1 Å². The Morgan fingerprint density at radius 3 is 2.29 bits per heavy atom. The highest BCUT2D eigenvalue weighted by atomic mass is 32.2. The number of fused-ring (bicyclic) bond motifs is 2. The van der Waals surface area contributed by atoms with Gasteiger partial charge in [0, 0.05) is 30.6 Å². The first-order valence-corrected chi connectivity index (χ1v) is 11.1. The van der Waals surface area contributed by atoms with Gasteiger partial charge in [-0.1, -0.05) is 24.3 Å². The number of carbonyl (C=O) groups excluding carboxylic acids is 1. The SMILES string of the molecule is CC(C)(C)OC(=O)N1CCC2(CC1)/C(=N/S(=O)C(C)(C)C)Cc1ccccc12. The molecule has 1 saturated heterocycles. The standard InChI is InChI=1S/C22H32N2O3S/c1-20(2,3)27-19(25)24-13-11-22(12-14-24)17-10-8-7-9-16(17)15-18(22)23-28(26)21(4,5)6/h7-10H,11-15H2,1-6H3/b23-18+. The van der Waals surface area contributed by atoms with Crippen LogP contribution in [0.25, 0.3) is 0 Å². The Balaban J connectivity index is 1.88. The number of nitrogens with zero attached hydrogens (tertiary/aromatic N) is 2. The summed E-state index contributed by atoms with van der Waals surface area (Å²) in [5.74, 6) is 0. The quantitative estimate of drug-likeness (QED) is 0.696. The van der Waals surface area contributed by atoms with Crippen LogP contribution in [0.1, 0.15) is 65.5 Å². The molecule has 5 nitrogen and oxygen atoms in total.